The molecule has 15 rings (SSSR count). The molecule has 92 heavy (non-hydrogen) atoms. The minimum Gasteiger partial charge on any atom is -0.309 e. The monoisotopic (exact) mass is 1190 g/mol. The molecule has 3 aromatic heterocycles. The highest BCUT2D eigenvalue weighted by Crippen LogP contribution is 2.48. The summed E-state index contributed by atoms with van der Waals surface area (Å²) in [5.41, 5.74) is 13.3. The summed E-state index contributed by atoms with van der Waals surface area (Å²) >= 11 is 0. The number of halogens is 3. The largest absolute Gasteiger partial charge is 0.416 e. The van der Waals surface area contributed by atoms with Crippen LogP contribution in [0.25, 0.3) is 159 Å². The number of benzene rings is 12. The van der Waals surface area contributed by atoms with Crippen LogP contribution in [0, 0.1) is 31.0 Å². The van der Waals surface area contributed by atoms with Crippen LogP contribution in [-0.2, 0) is 6.18 Å². The van der Waals surface area contributed by atoms with E-state index in [2.05, 4.69) is 37.3 Å². The van der Waals surface area contributed by atoms with Crippen molar-refractivity contribution in [3.8, 4) is 107 Å². The Bertz CT molecular complexity index is 5410. The molecule has 0 radical (unpaired) electrons. The number of nitrogens with zero attached hydrogens (tertiary/aromatic N) is 9. The third kappa shape index (κ3) is 9.62. The minimum absolute atomic E-state index is 0.220. The zero-order valence-electron chi connectivity index (χ0n) is 48.6. The average molecular weight is 1190 g/mol. The Hall–Kier alpha value is -13.0. The molecule has 0 unspecified atom stereocenters. The zero-order chi connectivity index (χ0) is 62.6. The molecule has 0 atom stereocenters. The van der Waals surface area contributed by atoms with Crippen molar-refractivity contribution in [2.75, 3.05) is 0 Å². The van der Waals surface area contributed by atoms with Crippen LogP contribution in [0.3, 0.4) is 0 Å². The molecule has 15 aromatic rings. The van der Waals surface area contributed by atoms with Crippen molar-refractivity contribution in [3.63, 3.8) is 0 Å². The van der Waals surface area contributed by atoms with Gasteiger partial charge in [0.25, 0.3) is 0 Å². The summed E-state index contributed by atoms with van der Waals surface area (Å²) in [4.78, 5) is 26.9. The molecule has 0 saturated carbocycles. The van der Waals surface area contributed by atoms with Gasteiger partial charge in [-0.15, -0.1) is 0 Å². The van der Waals surface area contributed by atoms with Gasteiger partial charge in [-0.05, 0) is 136 Å². The summed E-state index contributed by atoms with van der Waals surface area (Å²) in [5.74, 6) is 1.07. The molecular formula is C80H44F3N9. The van der Waals surface area contributed by atoms with Crippen LogP contribution in [-0.4, -0.2) is 24.1 Å². The van der Waals surface area contributed by atoms with Gasteiger partial charge in [-0.25, -0.2) is 29.5 Å². The number of fused-ring (bicyclic) bond motifs is 6. The van der Waals surface area contributed by atoms with Gasteiger partial charge in [-0.2, -0.15) is 18.4 Å². The Labute approximate surface area is 526 Å². The zero-order valence-corrected chi connectivity index (χ0v) is 48.6. The maximum atomic E-state index is 15.9. The van der Waals surface area contributed by atoms with Crippen molar-refractivity contribution in [2.45, 2.75) is 6.18 Å². The van der Waals surface area contributed by atoms with Crippen molar-refractivity contribution in [1.29, 1.82) is 5.26 Å². The summed E-state index contributed by atoms with van der Waals surface area (Å²) in [6.45, 7) is 24.4. The number of hydrogen-bond acceptors (Lipinski definition) is 4. The first-order valence-electron chi connectivity index (χ1n) is 29.4. The molecule has 3 heterocycles. The van der Waals surface area contributed by atoms with Gasteiger partial charge in [0.15, 0.2) is 34.5 Å². The van der Waals surface area contributed by atoms with Gasteiger partial charge in [0.2, 0.25) is 0 Å². The molecule has 0 saturated heterocycles. The lowest BCUT2D eigenvalue weighted by atomic mass is 9.95. The molecule has 12 heteroatoms. The Kier molecular flexibility index (Phi) is 13.7. The molecule has 0 aliphatic rings. The third-order valence-electron chi connectivity index (χ3n) is 16.9. The van der Waals surface area contributed by atoms with Crippen LogP contribution in [0.4, 0.5) is 30.2 Å². The number of rotatable bonds is 10. The summed E-state index contributed by atoms with van der Waals surface area (Å²) in [6.07, 6.45) is -4.80. The highest BCUT2D eigenvalue weighted by Gasteiger charge is 2.33. The van der Waals surface area contributed by atoms with Gasteiger partial charge in [-0.3, -0.25) is 0 Å². The fourth-order valence-electron chi connectivity index (χ4n) is 12.7. The van der Waals surface area contributed by atoms with Crippen molar-refractivity contribution < 1.29 is 13.2 Å². The first-order chi connectivity index (χ1) is 45.1. The second-order valence-corrected chi connectivity index (χ2v) is 22.1. The van der Waals surface area contributed by atoms with Gasteiger partial charge in [0.1, 0.15) is 0 Å². The maximum Gasteiger partial charge on any atom is 0.416 e. The van der Waals surface area contributed by atoms with Gasteiger partial charge >= 0.3 is 6.18 Å². The molecule has 0 fully saturated rings. The first-order valence-corrected chi connectivity index (χ1v) is 29.4. The fraction of sp³-hybridized carbons (Fsp3) is 0.0125. The Balaban J connectivity index is 1.06. The first kappa shape index (κ1) is 55.6. The third-order valence-corrected chi connectivity index (χ3v) is 16.9. The molecule has 12 aromatic carbocycles. The van der Waals surface area contributed by atoms with Gasteiger partial charge < -0.3 is 9.13 Å². The molecule has 0 aliphatic heterocycles. The topological polar surface area (TPSA) is 85.4 Å². The summed E-state index contributed by atoms with van der Waals surface area (Å²) in [5, 5.41) is 13.5. The number of nitriles is 1. The van der Waals surface area contributed by atoms with Crippen molar-refractivity contribution in [2.24, 2.45) is 0 Å². The van der Waals surface area contributed by atoms with E-state index in [1.54, 1.807) is 24.3 Å². The second-order valence-electron chi connectivity index (χ2n) is 22.1. The van der Waals surface area contributed by atoms with Crippen molar-refractivity contribution in [3.05, 3.63) is 312 Å². The van der Waals surface area contributed by atoms with Crippen LogP contribution in [0.15, 0.2) is 267 Å². The van der Waals surface area contributed by atoms with Crippen LogP contribution < -0.4 is 0 Å². The highest BCUT2D eigenvalue weighted by molar-refractivity contribution is 6.15. The van der Waals surface area contributed by atoms with Crippen molar-refractivity contribution >= 4 is 60.7 Å². The lowest BCUT2D eigenvalue weighted by Crippen LogP contribution is -2.08. The molecule has 0 amide bonds. The van der Waals surface area contributed by atoms with E-state index in [4.69, 9.17) is 34.7 Å². The van der Waals surface area contributed by atoms with Gasteiger partial charge in [-0.1, -0.05) is 176 Å². The Morgan fingerprint density at radius 3 is 1.07 bits per heavy atom. The van der Waals surface area contributed by atoms with Crippen LogP contribution in [0.1, 0.15) is 11.1 Å². The highest BCUT2D eigenvalue weighted by atomic mass is 19.4. The summed E-state index contributed by atoms with van der Waals surface area (Å²) < 4.78 is 51.7. The maximum absolute atomic E-state index is 15.9. The quantitative estimate of drug-likeness (QED) is 0.128. The van der Waals surface area contributed by atoms with Crippen molar-refractivity contribution in [1.82, 2.24) is 24.1 Å². The predicted octanol–water partition coefficient (Wildman–Crippen LogP) is 21.9. The van der Waals surface area contributed by atoms with Gasteiger partial charge in [0, 0.05) is 49.4 Å². The van der Waals surface area contributed by atoms with E-state index in [1.807, 2.05) is 217 Å². The minimum atomic E-state index is -4.80. The summed E-state index contributed by atoms with van der Waals surface area (Å²) in [7, 11) is 0. The van der Waals surface area contributed by atoms with Crippen LogP contribution >= 0.6 is 0 Å². The average Bonchev–Trinajstić information content (AvgIpc) is 1.53. The van der Waals surface area contributed by atoms with E-state index >= 15 is 13.2 Å². The molecule has 0 spiro atoms. The van der Waals surface area contributed by atoms with Crippen LogP contribution in [0.5, 0.6) is 0 Å². The number of hydrogen-bond donors (Lipinski definition) is 0. The lowest BCUT2D eigenvalue weighted by Gasteiger charge is -2.21. The smallest absolute Gasteiger partial charge is 0.309 e. The molecule has 0 N–H and O–H groups in total. The SMILES string of the molecule is [C-]#[N+]c1ccccc1-c1ccc2c(c1)c1cc(-c3ccccc3C#N)ccc1n2-c1ccc(C(F)(F)F)cc1-c1cc(-c2nc(-c3ccccc3)nc(-c3ccccc3)n2)ccc1-n1c2ccc(-c3ccccc3[N+]#[C-])cc2c2cc(-c3ccccc3[N+]#[C-])ccc21. The Morgan fingerprint density at radius 2 is 0.663 bits per heavy atom. The number of alkyl halides is 3. The number of para-hydroxylation sites is 3. The van der Waals surface area contributed by atoms with E-state index < -0.39 is 11.7 Å². The fourth-order valence-corrected chi connectivity index (χ4v) is 12.7. The van der Waals surface area contributed by atoms with E-state index in [0.717, 1.165) is 72.1 Å². The molecule has 430 valence electrons. The Morgan fingerprint density at radius 1 is 0.326 bits per heavy atom. The second kappa shape index (κ2) is 22.6. The molecule has 0 bridgehead atoms. The van der Waals surface area contributed by atoms with E-state index in [-0.39, 0.29) is 11.4 Å². The molecule has 9 nitrogen and oxygen atoms in total. The van der Waals surface area contributed by atoms with E-state index in [0.29, 0.717) is 90.0 Å². The molecular weight excluding hydrogens is 1140 g/mol. The van der Waals surface area contributed by atoms with Gasteiger partial charge in [0.05, 0.1) is 70.4 Å². The van der Waals surface area contributed by atoms with E-state index in [9.17, 15) is 5.26 Å². The number of aromatic nitrogens is 5. The lowest BCUT2D eigenvalue weighted by molar-refractivity contribution is -0.137. The van der Waals surface area contributed by atoms with E-state index in [1.165, 1.54) is 12.1 Å². The standard InChI is InChI=1S/C80H44F3N9/c1-85-68-27-15-12-24-59(68)52-33-39-74-63(43-52)62-42-51(58-23-11-10-22-56(58)48-84)30-36-71(62)92(74)76-41-35-57(80(81,82)83)47-67(76)66-46-55(79-89-77(49-18-6-4-7-19-49)88-78(90-79)50-20-8-5-9-21-50)34-40-75(66)91-72-37-31-53(60-25-13-16-28-69(60)86-2)44-64(72)65-45-54(32-38-73(65)91)61-26-14-17-29-70(61)87-3/h4-47H. The molecule has 0 aliphatic carbocycles. The predicted molar refractivity (Wildman–Crippen MR) is 360 cm³/mol. The van der Waals surface area contributed by atoms with Crippen LogP contribution in [0.2, 0.25) is 0 Å². The summed E-state index contributed by atoms with van der Waals surface area (Å²) in [6, 6.07) is 84.4. The normalized spacial score (nSPS) is 11.4.